The number of rotatable bonds is 54. The predicted molar refractivity (Wildman–Crippen MR) is 287 cm³/mol. The highest BCUT2D eigenvalue weighted by Gasteiger charge is 2.18. The van der Waals surface area contributed by atoms with Crippen molar-refractivity contribution in [3.05, 3.63) is 36.5 Å². The summed E-state index contributed by atoms with van der Waals surface area (Å²) in [6.07, 6.45) is 68.8. The quantitative estimate of drug-likeness (QED) is 0.0321. The Morgan fingerprint density at radius 3 is 1.08 bits per heavy atom. The van der Waals surface area contributed by atoms with Crippen molar-refractivity contribution in [1.82, 2.24) is 5.32 Å². The zero-order valence-corrected chi connectivity index (χ0v) is 44.2. The van der Waals surface area contributed by atoms with Crippen LogP contribution in [0.5, 0.6) is 0 Å². The van der Waals surface area contributed by atoms with E-state index in [0.717, 1.165) is 51.4 Å². The van der Waals surface area contributed by atoms with Crippen LogP contribution in [-0.4, -0.2) is 47.4 Å². The molecule has 1 amide bonds. The topological polar surface area (TPSA) is 95.9 Å². The number of carbonyl (C=O) groups is 2. The van der Waals surface area contributed by atoms with Crippen LogP contribution in [0.15, 0.2) is 36.5 Å². The highest BCUT2D eigenvalue weighted by molar-refractivity contribution is 5.76. The molecule has 2 unspecified atom stereocenters. The Balaban J connectivity index is 3.43. The maximum absolute atomic E-state index is 12.4. The number of carbonyl (C=O) groups excluding carboxylic acids is 2. The van der Waals surface area contributed by atoms with Crippen molar-refractivity contribution in [2.45, 2.75) is 321 Å². The lowest BCUT2D eigenvalue weighted by Gasteiger charge is -2.20. The number of aliphatic hydroxyl groups is 2. The average molecular weight is 929 g/mol. The van der Waals surface area contributed by atoms with Crippen molar-refractivity contribution in [3.8, 4) is 0 Å². The number of nitrogens with one attached hydrogen (secondary N) is 1. The summed E-state index contributed by atoms with van der Waals surface area (Å²) in [6, 6.07) is -0.633. The van der Waals surface area contributed by atoms with E-state index in [-0.39, 0.29) is 18.5 Å². The van der Waals surface area contributed by atoms with Crippen LogP contribution in [0.4, 0.5) is 0 Å². The van der Waals surface area contributed by atoms with Gasteiger partial charge in [0.15, 0.2) is 0 Å². The van der Waals surface area contributed by atoms with Gasteiger partial charge in [-0.15, -0.1) is 0 Å². The number of allylic oxidation sites excluding steroid dienone is 5. The van der Waals surface area contributed by atoms with E-state index in [4.69, 9.17) is 4.74 Å². The molecule has 0 aromatic carbocycles. The van der Waals surface area contributed by atoms with Crippen molar-refractivity contribution in [2.24, 2.45) is 0 Å². The third kappa shape index (κ3) is 51.5. The molecule has 0 saturated carbocycles. The molecule has 0 aliphatic rings. The van der Waals surface area contributed by atoms with Gasteiger partial charge in [0.05, 0.1) is 25.4 Å². The highest BCUT2D eigenvalue weighted by Crippen LogP contribution is 2.16. The second-order valence-corrected chi connectivity index (χ2v) is 20.0. The smallest absolute Gasteiger partial charge is 0.305 e. The summed E-state index contributed by atoms with van der Waals surface area (Å²) in [5.41, 5.74) is 0. The average Bonchev–Trinajstić information content (AvgIpc) is 3.32. The van der Waals surface area contributed by atoms with Crippen LogP contribution in [0.2, 0.25) is 0 Å². The minimum atomic E-state index is -0.848. The number of aliphatic hydroxyl groups excluding tert-OH is 2. The van der Waals surface area contributed by atoms with Gasteiger partial charge < -0.3 is 20.3 Å². The van der Waals surface area contributed by atoms with Crippen LogP contribution in [0, 0.1) is 0 Å². The molecule has 0 aliphatic heterocycles. The maximum Gasteiger partial charge on any atom is 0.305 e. The standard InChI is InChI=1S/C60H113NO5/c1-3-5-7-9-11-13-15-17-18-27-30-34-38-42-46-50-54-60(65)66-55-51-47-43-39-35-31-28-25-23-21-19-20-22-24-26-29-33-37-41-45-49-53-59(64)61-57(56-62)58(63)52-48-44-40-36-32-16-14-12-10-8-6-4-2/h18,20,22,27,48,52,57-58,62-63H,3-17,19,21,23-26,28-47,49-51,53-56H2,1-2H3,(H,61,64)/b22-20-,27-18-,52-48+. The van der Waals surface area contributed by atoms with Gasteiger partial charge in [0.1, 0.15) is 0 Å². The molecule has 0 heterocycles. The first-order chi connectivity index (χ1) is 32.5. The fraction of sp³-hybridized carbons (Fsp3) is 0.867. The molecule has 3 N–H and O–H groups in total. The molecule has 0 aromatic rings. The van der Waals surface area contributed by atoms with E-state index in [9.17, 15) is 19.8 Å². The number of ether oxygens (including phenoxy) is 1. The lowest BCUT2D eigenvalue weighted by molar-refractivity contribution is -0.143. The molecule has 2 atom stereocenters. The molecule has 0 aliphatic carbocycles. The molecule has 0 saturated heterocycles. The summed E-state index contributed by atoms with van der Waals surface area (Å²) in [4.78, 5) is 24.5. The van der Waals surface area contributed by atoms with Crippen molar-refractivity contribution in [3.63, 3.8) is 0 Å². The van der Waals surface area contributed by atoms with Gasteiger partial charge in [0.25, 0.3) is 0 Å². The van der Waals surface area contributed by atoms with Gasteiger partial charge in [-0.25, -0.2) is 0 Å². The normalized spacial score (nSPS) is 12.8. The van der Waals surface area contributed by atoms with Gasteiger partial charge >= 0.3 is 5.97 Å². The van der Waals surface area contributed by atoms with Crippen LogP contribution < -0.4 is 5.32 Å². The largest absolute Gasteiger partial charge is 0.466 e. The number of esters is 1. The van der Waals surface area contributed by atoms with E-state index in [1.54, 1.807) is 6.08 Å². The molecule has 0 rings (SSSR count). The highest BCUT2D eigenvalue weighted by atomic mass is 16.5. The third-order valence-corrected chi connectivity index (χ3v) is 13.4. The van der Waals surface area contributed by atoms with E-state index in [0.29, 0.717) is 19.4 Å². The SMILES string of the molecule is CCCCCCCCC/C=C\CCCCCCCC(=O)OCCCCCCCCCCCC/C=C\CCCCCCCCCC(=O)NC(CO)C(O)/C=C/CCCCCCCCCCCC. The molecular weight excluding hydrogens is 815 g/mol. The molecule has 66 heavy (non-hydrogen) atoms. The van der Waals surface area contributed by atoms with Crippen molar-refractivity contribution < 1.29 is 24.5 Å². The summed E-state index contributed by atoms with van der Waals surface area (Å²) >= 11 is 0. The summed E-state index contributed by atoms with van der Waals surface area (Å²) in [5.74, 6) is -0.0768. The maximum atomic E-state index is 12.4. The minimum absolute atomic E-state index is 0.0000995. The molecule has 0 bridgehead atoms. The molecule has 388 valence electrons. The minimum Gasteiger partial charge on any atom is -0.466 e. The third-order valence-electron chi connectivity index (χ3n) is 13.4. The van der Waals surface area contributed by atoms with Gasteiger partial charge in [0.2, 0.25) is 5.91 Å². The molecular formula is C60H113NO5. The van der Waals surface area contributed by atoms with Gasteiger partial charge in [-0.3, -0.25) is 9.59 Å². The Labute approximate surface area is 411 Å². The van der Waals surface area contributed by atoms with E-state index < -0.39 is 12.1 Å². The molecule has 0 radical (unpaired) electrons. The number of hydrogen-bond donors (Lipinski definition) is 3. The molecule has 0 spiro atoms. The second kappa shape index (κ2) is 55.7. The summed E-state index contributed by atoms with van der Waals surface area (Å²) in [7, 11) is 0. The monoisotopic (exact) mass is 928 g/mol. The Morgan fingerprint density at radius 1 is 0.409 bits per heavy atom. The molecule has 0 aromatic heterocycles. The molecule has 6 heteroatoms. The Kier molecular flexibility index (Phi) is 54.1. The van der Waals surface area contributed by atoms with E-state index in [1.807, 2.05) is 6.08 Å². The summed E-state index contributed by atoms with van der Waals surface area (Å²) in [5, 5.41) is 23.0. The van der Waals surface area contributed by atoms with Crippen molar-refractivity contribution >= 4 is 11.9 Å². The van der Waals surface area contributed by atoms with Crippen LogP contribution >= 0.6 is 0 Å². The number of hydrogen-bond acceptors (Lipinski definition) is 5. The van der Waals surface area contributed by atoms with Crippen LogP contribution in [-0.2, 0) is 14.3 Å². The van der Waals surface area contributed by atoms with Gasteiger partial charge in [-0.05, 0) is 83.5 Å². The van der Waals surface area contributed by atoms with Crippen LogP contribution in [0.1, 0.15) is 309 Å². The van der Waals surface area contributed by atoms with Gasteiger partial charge in [0, 0.05) is 12.8 Å². The Bertz CT molecular complexity index is 1070. The predicted octanol–water partition coefficient (Wildman–Crippen LogP) is 18.0. The Hall–Kier alpha value is -1.92. The molecule has 6 nitrogen and oxygen atoms in total. The van der Waals surface area contributed by atoms with Gasteiger partial charge in [-0.2, -0.15) is 0 Å². The zero-order valence-electron chi connectivity index (χ0n) is 44.2. The molecule has 0 fully saturated rings. The second-order valence-electron chi connectivity index (χ2n) is 20.0. The first-order valence-electron chi connectivity index (χ1n) is 29.3. The van der Waals surface area contributed by atoms with Gasteiger partial charge in [-0.1, -0.05) is 249 Å². The fourth-order valence-electron chi connectivity index (χ4n) is 8.86. The lowest BCUT2D eigenvalue weighted by atomic mass is 10.0. The first kappa shape index (κ1) is 64.1. The van der Waals surface area contributed by atoms with E-state index >= 15 is 0 Å². The Morgan fingerprint density at radius 2 is 0.712 bits per heavy atom. The lowest BCUT2D eigenvalue weighted by Crippen LogP contribution is -2.45. The zero-order chi connectivity index (χ0) is 47.9. The van der Waals surface area contributed by atoms with E-state index in [2.05, 4.69) is 43.5 Å². The summed E-state index contributed by atoms with van der Waals surface area (Å²) < 4.78 is 5.48. The van der Waals surface area contributed by atoms with Crippen LogP contribution in [0.3, 0.4) is 0 Å². The van der Waals surface area contributed by atoms with Crippen molar-refractivity contribution in [1.29, 1.82) is 0 Å². The number of unbranched alkanes of at least 4 members (excludes halogenated alkanes) is 39. The number of amides is 1. The fourth-order valence-corrected chi connectivity index (χ4v) is 8.86. The summed E-state index contributed by atoms with van der Waals surface area (Å²) in [6.45, 7) is 4.89. The van der Waals surface area contributed by atoms with E-state index in [1.165, 1.54) is 231 Å². The first-order valence-corrected chi connectivity index (χ1v) is 29.3. The van der Waals surface area contributed by atoms with Crippen molar-refractivity contribution in [2.75, 3.05) is 13.2 Å². The van der Waals surface area contributed by atoms with Crippen LogP contribution in [0.25, 0.3) is 0 Å².